The van der Waals surface area contributed by atoms with Gasteiger partial charge in [0.25, 0.3) is 0 Å². The van der Waals surface area contributed by atoms with Crippen LogP contribution in [0.4, 0.5) is 4.79 Å². The Kier molecular flexibility index (Phi) is 6.38. The molecule has 1 fully saturated rings. The second-order valence-corrected chi connectivity index (χ2v) is 7.43. The number of rotatable bonds is 5. The zero-order valence-electron chi connectivity index (χ0n) is 14.0. The molecule has 1 aromatic heterocycles. The molecule has 1 aliphatic carbocycles. The van der Waals surface area contributed by atoms with Crippen molar-refractivity contribution in [3.8, 4) is 0 Å². The number of amides is 3. The molecule has 1 aliphatic rings. The van der Waals surface area contributed by atoms with Crippen LogP contribution < -0.4 is 10.6 Å². The first-order valence-corrected chi connectivity index (χ1v) is 9.04. The summed E-state index contributed by atoms with van der Waals surface area (Å²) in [6, 6.07) is 0.120. The van der Waals surface area contributed by atoms with Crippen LogP contribution in [0.15, 0.2) is 11.6 Å². The van der Waals surface area contributed by atoms with Gasteiger partial charge in [-0.2, -0.15) is 0 Å². The number of carbonyl (C=O) groups is 2. The molecular weight excluding hydrogens is 312 g/mol. The van der Waals surface area contributed by atoms with Gasteiger partial charge in [0, 0.05) is 36.6 Å². The normalized spacial score (nSPS) is 21.0. The second kappa shape index (κ2) is 8.29. The molecule has 0 aliphatic heterocycles. The van der Waals surface area contributed by atoms with Crippen LogP contribution in [-0.2, 0) is 11.3 Å². The van der Waals surface area contributed by atoms with Crippen LogP contribution in [0.3, 0.4) is 0 Å². The maximum absolute atomic E-state index is 12.3. The maximum Gasteiger partial charge on any atom is 0.317 e. The average Bonchev–Trinajstić information content (AvgIpc) is 2.99. The highest BCUT2D eigenvalue weighted by molar-refractivity contribution is 7.09. The van der Waals surface area contributed by atoms with E-state index in [0.29, 0.717) is 6.54 Å². The molecule has 0 radical (unpaired) electrons. The van der Waals surface area contributed by atoms with Crippen molar-refractivity contribution in [3.63, 3.8) is 0 Å². The van der Waals surface area contributed by atoms with Crippen LogP contribution in [0.1, 0.15) is 44.5 Å². The maximum atomic E-state index is 12.3. The summed E-state index contributed by atoms with van der Waals surface area (Å²) in [5.41, 5.74) is 0. The number of urea groups is 1. The quantitative estimate of drug-likeness (QED) is 0.865. The van der Waals surface area contributed by atoms with Gasteiger partial charge in [0.1, 0.15) is 5.01 Å². The average molecular weight is 338 g/mol. The molecule has 0 unspecified atom stereocenters. The van der Waals surface area contributed by atoms with Crippen LogP contribution in [0.5, 0.6) is 0 Å². The number of hydrogen-bond donors (Lipinski definition) is 2. The van der Waals surface area contributed by atoms with Crippen molar-refractivity contribution in [2.45, 2.75) is 58.2 Å². The van der Waals surface area contributed by atoms with E-state index in [0.717, 1.165) is 30.7 Å². The molecule has 0 aromatic carbocycles. The van der Waals surface area contributed by atoms with Gasteiger partial charge in [0.05, 0.1) is 6.54 Å². The summed E-state index contributed by atoms with van der Waals surface area (Å²) in [7, 11) is 1.77. The second-order valence-electron chi connectivity index (χ2n) is 6.46. The number of nitrogens with zero attached hydrogens (tertiary/aromatic N) is 2. The molecule has 1 heterocycles. The van der Waals surface area contributed by atoms with Crippen molar-refractivity contribution in [3.05, 3.63) is 16.6 Å². The van der Waals surface area contributed by atoms with Crippen molar-refractivity contribution in [1.82, 2.24) is 20.5 Å². The zero-order valence-corrected chi connectivity index (χ0v) is 14.9. The van der Waals surface area contributed by atoms with Crippen molar-refractivity contribution in [2.75, 3.05) is 7.05 Å². The van der Waals surface area contributed by atoms with E-state index in [4.69, 9.17) is 0 Å². The lowest BCUT2D eigenvalue weighted by Crippen LogP contribution is -2.47. The Morgan fingerprint density at radius 2 is 2.22 bits per heavy atom. The van der Waals surface area contributed by atoms with Gasteiger partial charge in [-0.15, -0.1) is 11.3 Å². The molecule has 0 saturated heterocycles. The van der Waals surface area contributed by atoms with Gasteiger partial charge >= 0.3 is 6.03 Å². The smallest absolute Gasteiger partial charge is 0.317 e. The topological polar surface area (TPSA) is 74.3 Å². The number of hydrogen-bond acceptors (Lipinski definition) is 4. The van der Waals surface area contributed by atoms with Gasteiger partial charge in [0.2, 0.25) is 5.91 Å². The lowest BCUT2D eigenvalue weighted by atomic mass is 9.85. The summed E-state index contributed by atoms with van der Waals surface area (Å²) >= 11 is 1.54. The highest BCUT2D eigenvalue weighted by Gasteiger charge is 2.28. The Morgan fingerprint density at radius 3 is 2.87 bits per heavy atom. The predicted octanol–water partition coefficient (Wildman–Crippen LogP) is 2.37. The first kappa shape index (κ1) is 17.7. The third-order valence-corrected chi connectivity index (χ3v) is 4.77. The highest BCUT2D eigenvalue weighted by Crippen LogP contribution is 2.25. The van der Waals surface area contributed by atoms with E-state index in [9.17, 15) is 9.59 Å². The standard InChI is InChI=1S/C16H26N4O2S/c1-11(2)18-15(21)12-5-4-6-13(9-12)19-16(22)20(3)10-14-17-7-8-23-14/h7-8,11-13H,4-6,9-10H2,1-3H3,(H,18,21)(H,19,22)/t12-,13+/m0/s1. The molecule has 6 nitrogen and oxygen atoms in total. The van der Waals surface area contributed by atoms with E-state index in [1.807, 2.05) is 19.2 Å². The SMILES string of the molecule is CC(C)NC(=O)[C@H]1CCC[C@@H](NC(=O)N(C)Cc2nccs2)C1. The van der Waals surface area contributed by atoms with Crippen molar-refractivity contribution >= 4 is 23.3 Å². The molecule has 2 N–H and O–H groups in total. The van der Waals surface area contributed by atoms with E-state index in [1.165, 1.54) is 11.3 Å². The molecule has 3 amide bonds. The number of aromatic nitrogens is 1. The minimum atomic E-state index is -0.102. The lowest BCUT2D eigenvalue weighted by Gasteiger charge is -2.30. The van der Waals surface area contributed by atoms with Crippen LogP contribution in [0.25, 0.3) is 0 Å². The summed E-state index contributed by atoms with van der Waals surface area (Å²) in [6.07, 6.45) is 5.26. The minimum Gasteiger partial charge on any atom is -0.354 e. The van der Waals surface area contributed by atoms with Gasteiger partial charge < -0.3 is 15.5 Å². The number of nitrogens with one attached hydrogen (secondary N) is 2. The summed E-state index contributed by atoms with van der Waals surface area (Å²) in [5, 5.41) is 8.84. The van der Waals surface area contributed by atoms with Crippen LogP contribution in [0.2, 0.25) is 0 Å². The van der Waals surface area contributed by atoms with Gasteiger partial charge in [-0.3, -0.25) is 4.79 Å². The lowest BCUT2D eigenvalue weighted by molar-refractivity contribution is -0.126. The molecule has 1 aromatic rings. The van der Waals surface area contributed by atoms with E-state index in [-0.39, 0.29) is 29.9 Å². The van der Waals surface area contributed by atoms with Gasteiger partial charge in [0.15, 0.2) is 0 Å². The molecule has 0 bridgehead atoms. The minimum absolute atomic E-state index is 0.000666. The Morgan fingerprint density at radius 1 is 1.43 bits per heavy atom. The van der Waals surface area contributed by atoms with E-state index < -0.39 is 0 Å². The van der Waals surface area contributed by atoms with Gasteiger partial charge in [-0.25, -0.2) is 9.78 Å². The fourth-order valence-electron chi connectivity index (χ4n) is 2.85. The molecule has 7 heteroatoms. The highest BCUT2D eigenvalue weighted by atomic mass is 32.1. The summed E-state index contributed by atoms with van der Waals surface area (Å²) in [6.45, 7) is 4.44. The molecule has 128 valence electrons. The van der Waals surface area contributed by atoms with Crippen molar-refractivity contribution < 1.29 is 9.59 Å². The molecular formula is C16H26N4O2S. The fraction of sp³-hybridized carbons (Fsp3) is 0.688. The first-order chi connectivity index (χ1) is 11.0. The third kappa shape index (κ3) is 5.49. The molecule has 2 atom stereocenters. The van der Waals surface area contributed by atoms with Crippen LogP contribution in [0, 0.1) is 5.92 Å². The van der Waals surface area contributed by atoms with Gasteiger partial charge in [-0.1, -0.05) is 6.42 Å². The Bertz CT molecular complexity index is 518. The number of thiazole rings is 1. The van der Waals surface area contributed by atoms with Crippen LogP contribution >= 0.6 is 11.3 Å². The summed E-state index contributed by atoms with van der Waals surface area (Å²) in [4.78, 5) is 30.3. The fourth-order valence-corrected chi connectivity index (χ4v) is 3.52. The van der Waals surface area contributed by atoms with E-state index in [1.54, 1.807) is 18.1 Å². The largest absolute Gasteiger partial charge is 0.354 e. The van der Waals surface area contributed by atoms with Crippen LogP contribution in [-0.4, -0.2) is 41.0 Å². The molecule has 1 saturated carbocycles. The number of carbonyl (C=O) groups excluding carboxylic acids is 2. The van der Waals surface area contributed by atoms with Crippen molar-refractivity contribution in [1.29, 1.82) is 0 Å². The Labute approximate surface area is 141 Å². The molecule has 23 heavy (non-hydrogen) atoms. The van der Waals surface area contributed by atoms with E-state index >= 15 is 0 Å². The predicted molar refractivity (Wildman–Crippen MR) is 91.1 cm³/mol. The Hall–Kier alpha value is -1.63. The third-order valence-electron chi connectivity index (χ3n) is 4.01. The van der Waals surface area contributed by atoms with E-state index in [2.05, 4.69) is 15.6 Å². The van der Waals surface area contributed by atoms with Gasteiger partial charge in [-0.05, 0) is 33.1 Å². The summed E-state index contributed by atoms with van der Waals surface area (Å²) < 4.78 is 0. The monoisotopic (exact) mass is 338 g/mol. The first-order valence-electron chi connectivity index (χ1n) is 8.16. The Balaban J connectivity index is 1.82. The summed E-state index contributed by atoms with van der Waals surface area (Å²) in [5.74, 6) is 0.107. The van der Waals surface area contributed by atoms with Crippen molar-refractivity contribution in [2.24, 2.45) is 5.92 Å². The molecule has 2 rings (SSSR count). The zero-order chi connectivity index (χ0) is 16.8. The molecule has 0 spiro atoms.